The van der Waals surface area contributed by atoms with E-state index in [4.69, 9.17) is 0 Å². The van der Waals surface area contributed by atoms with Crippen LogP contribution in [0.4, 0.5) is 0 Å². The van der Waals surface area contributed by atoms with Crippen LogP contribution in [0.2, 0.25) is 0 Å². The molecule has 0 spiro atoms. The molecule has 94 valence electrons. The highest BCUT2D eigenvalue weighted by atomic mass is 32.2. The minimum absolute atomic E-state index is 0.0775. The van der Waals surface area contributed by atoms with Crippen molar-refractivity contribution in [2.45, 2.75) is 44.1 Å². The fraction of sp³-hybridized carbons (Fsp3) is 0.500. The zero-order valence-electron chi connectivity index (χ0n) is 10.7. The predicted molar refractivity (Wildman–Crippen MR) is 72.7 cm³/mol. The first-order valence-corrected chi connectivity index (χ1v) is 6.95. The van der Waals surface area contributed by atoms with E-state index in [0.29, 0.717) is 5.75 Å². The first kappa shape index (κ1) is 14.3. The number of rotatable bonds is 6. The zero-order chi connectivity index (χ0) is 12.9. The summed E-state index contributed by atoms with van der Waals surface area (Å²) in [6, 6.07) is 7.57. The molecule has 3 heteroatoms. The van der Waals surface area contributed by atoms with E-state index in [1.165, 1.54) is 0 Å². The maximum absolute atomic E-state index is 11.3. The molecule has 1 aromatic carbocycles. The molecule has 1 rings (SSSR count). The van der Waals surface area contributed by atoms with E-state index in [2.05, 4.69) is 0 Å². The van der Waals surface area contributed by atoms with Gasteiger partial charge in [-0.05, 0) is 31.9 Å². The average molecular weight is 252 g/mol. The van der Waals surface area contributed by atoms with Crippen LogP contribution in [0.1, 0.15) is 44.0 Å². The van der Waals surface area contributed by atoms with Crippen molar-refractivity contribution >= 4 is 17.5 Å². The summed E-state index contributed by atoms with van der Waals surface area (Å²) in [5.74, 6) is 0.746. The largest absolute Gasteiger partial charge is 0.389 e. The molecule has 0 fully saturated rings. The molecule has 1 N–H and O–H groups in total. The molecule has 0 aliphatic carbocycles. The lowest BCUT2D eigenvalue weighted by Crippen LogP contribution is -2.29. The molecule has 2 nitrogen and oxygen atoms in total. The Bertz CT molecular complexity index is 384. The molecule has 0 heterocycles. The van der Waals surface area contributed by atoms with Crippen molar-refractivity contribution in [3.63, 3.8) is 0 Å². The summed E-state index contributed by atoms with van der Waals surface area (Å²) in [6.07, 6.45) is 1.51. The molecule has 0 radical (unpaired) electrons. The minimum atomic E-state index is -0.600. The molecule has 0 bridgehead atoms. The maximum Gasteiger partial charge on any atom is 0.159 e. The van der Waals surface area contributed by atoms with Gasteiger partial charge in [-0.1, -0.05) is 26.0 Å². The number of benzene rings is 1. The second-order valence-corrected chi connectivity index (χ2v) is 5.35. The van der Waals surface area contributed by atoms with Crippen molar-refractivity contribution in [3.05, 3.63) is 29.8 Å². The first-order valence-electron chi connectivity index (χ1n) is 5.97. The van der Waals surface area contributed by atoms with Crippen LogP contribution in [0.5, 0.6) is 0 Å². The molecule has 0 aliphatic rings. The summed E-state index contributed by atoms with van der Waals surface area (Å²) in [4.78, 5) is 12.3. The van der Waals surface area contributed by atoms with E-state index >= 15 is 0 Å². The molecule has 0 atom stereocenters. The highest BCUT2D eigenvalue weighted by Crippen LogP contribution is 2.27. The normalized spacial score (nSPS) is 11.5. The van der Waals surface area contributed by atoms with Gasteiger partial charge < -0.3 is 5.11 Å². The quantitative estimate of drug-likeness (QED) is 0.621. The smallest absolute Gasteiger partial charge is 0.159 e. The second-order valence-electron chi connectivity index (χ2n) is 4.30. The number of ketones is 1. The number of Topliss-reactive ketones (excluding diaryl/α,β-unsaturated/α-hetero) is 1. The molecule has 1 aromatic rings. The number of carbonyl (C=O) groups excluding carboxylic acids is 1. The van der Waals surface area contributed by atoms with Gasteiger partial charge >= 0.3 is 0 Å². The lowest BCUT2D eigenvalue weighted by atomic mass is 10.0. The Hall–Kier alpha value is -0.800. The lowest BCUT2D eigenvalue weighted by Gasteiger charge is -2.24. The molecular weight excluding hydrogens is 232 g/mol. The summed E-state index contributed by atoms with van der Waals surface area (Å²) in [5, 5.41) is 10.2. The van der Waals surface area contributed by atoms with Crippen LogP contribution in [0.3, 0.4) is 0 Å². The molecule has 0 amide bonds. The van der Waals surface area contributed by atoms with Crippen LogP contribution in [0, 0.1) is 0 Å². The number of thioether (sulfide) groups is 1. The Labute approximate surface area is 107 Å². The summed E-state index contributed by atoms with van der Waals surface area (Å²) >= 11 is 1.61. The van der Waals surface area contributed by atoms with Gasteiger partial charge in [0.2, 0.25) is 0 Å². The second kappa shape index (κ2) is 6.22. The summed E-state index contributed by atoms with van der Waals surface area (Å²) in [5.41, 5.74) is 0.128. The Morgan fingerprint density at radius 2 is 2.00 bits per heavy atom. The fourth-order valence-electron chi connectivity index (χ4n) is 1.48. The standard InChI is InChI=1S/C14H20O2S/c1-4-14(16,5-2)10-17-13-8-6-7-12(9-13)11(3)15/h6-9,16H,4-5,10H2,1-3H3. The van der Waals surface area contributed by atoms with Gasteiger partial charge in [-0.2, -0.15) is 0 Å². The van der Waals surface area contributed by atoms with Gasteiger partial charge in [0.1, 0.15) is 0 Å². The van der Waals surface area contributed by atoms with Crippen molar-refractivity contribution in [3.8, 4) is 0 Å². The monoisotopic (exact) mass is 252 g/mol. The predicted octanol–water partition coefficient (Wildman–Crippen LogP) is 3.53. The van der Waals surface area contributed by atoms with Gasteiger partial charge in [0.15, 0.2) is 5.78 Å². The van der Waals surface area contributed by atoms with Gasteiger partial charge in [0.05, 0.1) is 5.60 Å². The van der Waals surface area contributed by atoms with Crippen molar-refractivity contribution in [1.82, 2.24) is 0 Å². The van der Waals surface area contributed by atoms with Crippen molar-refractivity contribution in [1.29, 1.82) is 0 Å². The Morgan fingerprint density at radius 3 is 2.53 bits per heavy atom. The molecule has 0 aromatic heterocycles. The molecular formula is C14H20O2S. The van der Waals surface area contributed by atoms with Crippen LogP contribution >= 0.6 is 11.8 Å². The lowest BCUT2D eigenvalue weighted by molar-refractivity contribution is 0.0572. The number of hydrogen-bond acceptors (Lipinski definition) is 3. The van der Waals surface area contributed by atoms with E-state index in [1.807, 2.05) is 38.1 Å². The highest BCUT2D eigenvalue weighted by Gasteiger charge is 2.22. The highest BCUT2D eigenvalue weighted by molar-refractivity contribution is 7.99. The number of carbonyl (C=O) groups is 1. The number of aliphatic hydroxyl groups is 1. The van der Waals surface area contributed by atoms with E-state index in [-0.39, 0.29) is 5.78 Å². The van der Waals surface area contributed by atoms with Crippen molar-refractivity contribution in [2.75, 3.05) is 5.75 Å². The molecule has 0 aliphatic heterocycles. The third-order valence-corrected chi connectivity index (χ3v) is 4.33. The van der Waals surface area contributed by atoms with Crippen LogP contribution in [0.25, 0.3) is 0 Å². The van der Waals surface area contributed by atoms with E-state index < -0.39 is 5.60 Å². The van der Waals surface area contributed by atoms with Crippen LogP contribution in [0.15, 0.2) is 29.2 Å². The SMILES string of the molecule is CCC(O)(CC)CSc1cccc(C(C)=O)c1. The Balaban J connectivity index is 2.69. The zero-order valence-corrected chi connectivity index (χ0v) is 11.5. The summed E-state index contributed by atoms with van der Waals surface area (Å²) in [6.45, 7) is 5.56. The van der Waals surface area contributed by atoms with Crippen LogP contribution in [-0.2, 0) is 0 Å². The summed E-state index contributed by atoms with van der Waals surface area (Å²) < 4.78 is 0. The molecule has 0 unspecified atom stereocenters. The van der Waals surface area contributed by atoms with Gasteiger partial charge in [0.25, 0.3) is 0 Å². The molecule has 17 heavy (non-hydrogen) atoms. The third kappa shape index (κ3) is 4.17. The number of hydrogen-bond donors (Lipinski definition) is 1. The topological polar surface area (TPSA) is 37.3 Å². The van der Waals surface area contributed by atoms with Crippen molar-refractivity contribution < 1.29 is 9.90 Å². The van der Waals surface area contributed by atoms with Gasteiger partial charge in [-0.25, -0.2) is 0 Å². The molecule has 0 saturated carbocycles. The fourth-order valence-corrected chi connectivity index (χ4v) is 2.71. The van der Waals surface area contributed by atoms with E-state index in [1.54, 1.807) is 18.7 Å². The van der Waals surface area contributed by atoms with Gasteiger partial charge in [-0.15, -0.1) is 11.8 Å². The minimum Gasteiger partial charge on any atom is -0.389 e. The van der Waals surface area contributed by atoms with Crippen LogP contribution in [-0.4, -0.2) is 22.2 Å². The first-order chi connectivity index (χ1) is 8.00. The Morgan fingerprint density at radius 1 is 1.35 bits per heavy atom. The maximum atomic E-state index is 11.3. The molecule has 0 saturated heterocycles. The van der Waals surface area contributed by atoms with Gasteiger partial charge in [-0.3, -0.25) is 4.79 Å². The van der Waals surface area contributed by atoms with E-state index in [9.17, 15) is 9.90 Å². The van der Waals surface area contributed by atoms with Gasteiger partial charge in [0, 0.05) is 16.2 Å². The van der Waals surface area contributed by atoms with Crippen LogP contribution < -0.4 is 0 Å². The third-order valence-electron chi connectivity index (χ3n) is 3.06. The average Bonchev–Trinajstić information content (AvgIpc) is 2.36. The van der Waals surface area contributed by atoms with Crippen molar-refractivity contribution in [2.24, 2.45) is 0 Å². The summed E-state index contributed by atoms with van der Waals surface area (Å²) in [7, 11) is 0. The van der Waals surface area contributed by atoms with E-state index in [0.717, 1.165) is 23.3 Å². The Kier molecular flexibility index (Phi) is 5.22.